The number of benzene rings is 1. The summed E-state index contributed by atoms with van der Waals surface area (Å²) < 4.78 is 5.62. The predicted molar refractivity (Wildman–Crippen MR) is 128 cm³/mol. The van der Waals surface area contributed by atoms with E-state index in [1.807, 2.05) is 42.3 Å². The lowest BCUT2D eigenvalue weighted by atomic mass is 10.0. The Morgan fingerprint density at radius 3 is 2.73 bits per heavy atom. The van der Waals surface area contributed by atoms with Gasteiger partial charge in [0.2, 0.25) is 11.9 Å². The van der Waals surface area contributed by atoms with Crippen LogP contribution >= 0.6 is 11.3 Å². The van der Waals surface area contributed by atoms with Gasteiger partial charge in [-0.25, -0.2) is 19.7 Å². The van der Waals surface area contributed by atoms with E-state index in [-0.39, 0.29) is 18.5 Å². The number of carbonyl (C=O) groups excluding carboxylic acids is 2. The number of aryl methyl sites for hydroxylation is 2. The molecule has 1 aromatic carbocycles. The highest BCUT2D eigenvalue weighted by Gasteiger charge is 2.32. The second kappa shape index (κ2) is 10.1. The van der Waals surface area contributed by atoms with Crippen molar-refractivity contribution in [2.45, 2.75) is 52.7 Å². The molecule has 172 valence electrons. The standard InChI is InChI=1S/C24H27N5O3S/c1-16-8-9-20(17(2)13-16)29(18(3)30)24-27-19(15-33-24)14-32-22(31)21-7-4-5-12-28(21)23-25-10-6-11-26-23/h6,8-11,13,15,21H,4-5,7,12,14H2,1-3H3. The molecule has 0 radical (unpaired) electrons. The van der Waals surface area contributed by atoms with Crippen LogP contribution in [0, 0.1) is 13.8 Å². The fourth-order valence-corrected chi connectivity index (χ4v) is 4.89. The maximum Gasteiger partial charge on any atom is 0.329 e. The molecule has 33 heavy (non-hydrogen) atoms. The average molecular weight is 466 g/mol. The smallest absolute Gasteiger partial charge is 0.329 e. The molecule has 0 bridgehead atoms. The van der Waals surface area contributed by atoms with Gasteiger partial charge in [-0.3, -0.25) is 9.69 Å². The molecule has 0 spiro atoms. The van der Waals surface area contributed by atoms with E-state index in [0.717, 1.165) is 29.7 Å². The number of aromatic nitrogens is 3. The van der Waals surface area contributed by atoms with Crippen molar-refractivity contribution in [1.82, 2.24) is 15.0 Å². The van der Waals surface area contributed by atoms with E-state index < -0.39 is 6.04 Å². The summed E-state index contributed by atoms with van der Waals surface area (Å²) in [6.45, 7) is 6.27. The number of piperidine rings is 1. The molecule has 1 atom stereocenters. The average Bonchev–Trinajstić information content (AvgIpc) is 3.28. The Morgan fingerprint density at radius 1 is 1.21 bits per heavy atom. The highest BCUT2D eigenvalue weighted by molar-refractivity contribution is 7.14. The molecule has 0 N–H and O–H groups in total. The molecule has 4 rings (SSSR count). The number of hydrogen-bond donors (Lipinski definition) is 0. The summed E-state index contributed by atoms with van der Waals surface area (Å²) in [5, 5.41) is 2.37. The van der Waals surface area contributed by atoms with Crippen LogP contribution in [0.3, 0.4) is 0 Å². The Labute approximate surface area is 197 Å². The van der Waals surface area contributed by atoms with Gasteiger partial charge in [0, 0.05) is 31.2 Å². The van der Waals surface area contributed by atoms with Crippen molar-refractivity contribution in [3.63, 3.8) is 0 Å². The van der Waals surface area contributed by atoms with Gasteiger partial charge in [0.25, 0.3) is 0 Å². The van der Waals surface area contributed by atoms with E-state index in [4.69, 9.17) is 4.74 Å². The highest BCUT2D eigenvalue weighted by Crippen LogP contribution is 2.32. The number of nitrogens with zero attached hydrogens (tertiary/aromatic N) is 5. The molecule has 3 aromatic rings. The summed E-state index contributed by atoms with van der Waals surface area (Å²) in [7, 11) is 0. The van der Waals surface area contributed by atoms with Crippen LogP contribution in [-0.4, -0.2) is 39.4 Å². The van der Waals surface area contributed by atoms with Gasteiger partial charge in [0.15, 0.2) is 5.13 Å². The van der Waals surface area contributed by atoms with Gasteiger partial charge in [-0.15, -0.1) is 11.3 Å². The zero-order valence-corrected chi connectivity index (χ0v) is 19.8. The first-order chi connectivity index (χ1) is 15.9. The van der Waals surface area contributed by atoms with Crippen LogP contribution in [0.1, 0.15) is 43.0 Å². The fraction of sp³-hybridized carbons (Fsp3) is 0.375. The predicted octanol–water partition coefficient (Wildman–Crippen LogP) is 4.34. The Hall–Kier alpha value is -3.33. The normalized spacial score (nSPS) is 15.8. The van der Waals surface area contributed by atoms with E-state index in [1.165, 1.54) is 18.3 Å². The number of ether oxygens (including phenoxy) is 1. The largest absolute Gasteiger partial charge is 0.458 e. The van der Waals surface area contributed by atoms with Crippen molar-refractivity contribution < 1.29 is 14.3 Å². The van der Waals surface area contributed by atoms with Crippen LogP contribution in [0.4, 0.5) is 16.8 Å². The maximum atomic E-state index is 12.9. The number of rotatable bonds is 6. The minimum Gasteiger partial charge on any atom is -0.458 e. The zero-order valence-electron chi connectivity index (χ0n) is 19.0. The van der Waals surface area contributed by atoms with E-state index in [1.54, 1.807) is 23.4 Å². The molecule has 1 aliphatic rings. The van der Waals surface area contributed by atoms with Crippen molar-refractivity contribution in [2.24, 2.45) is 0 Å². The van der Waals surface area contributed by atoms with Crippen LogP contribution < -0.4 is 9.80 Å². The maximum absolute atomic E-state index is 12.9. The summed E-state index contributed by atoms with van der Waals surface area (Å²) in [6.07, 6.45) is 5.98. The molecule has 9 heteroatoms. The molecule has 0 aliphatic carbocycles. The Balaban J connectivity index is 1.45. The van der Waals surface area contributed by atoms with Gasteiger partial charge in [-0.1, -0.05) is 17.7 Å². The van der Waals surface area contributed by atoms with Gasteiger partial charge < -0.3 is 9.64 Å². The van der Waals surface area contributed by atoms with E-state index in [9.17, 15) is 9.59 Å². The molecule has 1 unspecified atom stereocenters. The van der Waals surface area contributed by atoms with Gasteiger partial charge in [0.1, 0.15) is 12.6 Å². The molecule has 1 fully saturated rings. The highest BCUT2D eigenvalue weighted by atomic mass is 32.1. The molecular weight excluding hydrogens is 438 g/mol. The van der Waals surface area contributed by atoms with E-state index in [0.29, 0.717) is 29.7 Å². The van der Waals surface area contributed by atoms with E-state index in [2.05, 4.69) is 15.0 Å². The summed E-state index contributed by atoms with van der Waals surface area (Å²) in [4.78, 5) is 42.0. The quantitative estimate of drug-likeness (QED) is 0.501. The molecule has 1 aliphatic heterocycles. The zero-order chi connectivity index (χ0) is 23.4. The number of esters is 1. The third-order valence-electron chi connectivity index (χ3n) is 5.59. The minimum atomic E-state index is -0.414. The van der Waals surface area contributed by atoms with Crippen molar-refractivity contribution >= 4 is 40.0 Å². The van der Waals surface area contributed by atoms with Crippen LogP contribution in [-0.2, 0) is 20.9 Å². The number of carbonyl (C=O) groups is 2. The van der Waals surface area contributed by atoms with Gasteiger partial charge in [0.05, 0.1) is 11.4 Å². The molecule has 1 saturated heterocycles. The first kappa shape index (κ1) is 22.8. The summed E-state index contributed by atoms with van der Waals surface area (Å²) in [6, 6.07) is 7.28. The lowest BCUT2D eigenvalue weighted by Gasteiger charge is -2.33. The summed E-state index contributed by atoms with van der Waals surface area (Å²) in [5.74, 6) is 0.107. The fourth-order valence-electron chi connectivity index (χ4n) is 4.03. The number of thiazole rings is 1. The van der Waals surface area contributed by atoms with Crippen molar-refractivity contribution in [1.29, 1.82) is 0 Å². The number of anilines is 3. The first-order valence-electron chi connectivity index (χ1n) is 11.0. The molecule has 2 aromatic heterocycles. The van der Waals surface area contributed by atoms with Crippen LogP contribution in [0.5, 0.6) is 0 Å². The monoisotopic (exact) mass is 465 g/mol. The summed E-state index contributed by atoms with van der Waals surface area (Å²) in [5.41, 5.74) is 3.53. The van der Waals surface area contributed by atoms with Crippen LogP contribution in [0.15, 0.2) is 42.0 Å². The summed E-state index contributed by atoms with van der Waals surface area (Å²) >= 11 is 1.35. The van der Waals surface area contributed by atoms with Gasteiger partial charge in [-0.2, -0.15) is 0 Å². The molecule has 1 amide bonds. The topological polar surface area (TPSA) is 88.5 Å². The lowest BCUT2D eigenvalue weighted by Crippen LogP contribution is -2.46. The molecular formula is C24H27N5O3S. The lowest BCUT2D eigenvalue weighted by molar-refractivity contribution is -0.147. The Morgan fingerprint density at radius 2 is 2.00 bits per heavy atom. The number of hydrogen-bond acceptors (Lipinski definition) is 8. The van der Waals surface area contributed by atoms with Crippen LogP contribution in [0.25, 0.3) is 0 Å². The molecule has 8 nitrogen and oxygen atoms in total. The SMILES string of the molecule is CC(=O)N(c1nc(COC(=O)C2CCCCN2c2ncccn2)cs1)c1ccc(C)cc1C. The second-order valence-electron chi connectivity index (χ2n) is 8.13. The molecule has 0 saturated carbocycles. The first-order valence-corrected chi connectivity index (χ1v) is 11.8. The van der Waals surface area contributed by atoms with Gasteiger partial charge >= 0.3 is 5.97 Å². The third-order valence-corrected chi connectivity index (χ3v) is 6.46. The number of amides is 1. The van der Waals surface area contributed by atoms with Crippen LogP contribution in [0.2, 0.25) is 0 Å². The minimum absolute atomic E-state index is 0.0495. The van der Waals surface area contributed by atoms with Crippen molar-refractivity contribution in [3.8, 4) is 0 Å². The second-order valence-corrected chi connectivity index (χ2v) is 8.96. The van der Waals surface area contributed by atoms with E-state index >= 15 is 0 Å². The third kappa shape index (κ3) is 5.19. The Kier molecular flexibility index (Phi) is 6.98. The van der Waals surface area contributed by atoms with Crippen molar-refractivity contribution in [3.05, 3.63) is 58.9 Å². The molecule has 3 heterocycles. The van der Waals surface area contributed by atoms with Crippen molar-refractivity contribution in [2.75, 3.05) is 16.3 Å². The Bertz CT molecular complexity index is 1130. The van der Waals surface area contributed by atoms with Gasteiger partial charge in [-0.05, 0) is 50.8 Å².